The van der Waals surface area contributed by atoms with Gasteiger partial charge in [-0.05, 0) is 81.0 Å². The van der Waals surface area contributed by atoms with Crippen LogP contribution in [0.4, 0.5) is 9.59 Å². The number of hydrogen-bond donors (Lipinski definition) is 1. The SMILES string of the molecule is COCOC(C)(C)C(O)CC(C)[C@@H](C)[C@H]1CC[C@H]2C3=CC=C4C[C@@H](OC(=O)OC)C[C@H](OC(=O)OC)[C@]4(C)[C@H]3CC[C@]12C. The van der Waals surface area contributed by atoms with Crippen LogP contribution >= 0.6 is 0 Å². The van der Waals surface area contributed by atoms with E-state index in [1.807, 2.05) is 13.8 Å². The average molecular weight is 607 g/mol. The smallest absolute Gasteiger partial charge is 0.438 e. The van der Waals surface area contributed by atoms with Crippen LogP contribution < -0.4 is 0 Å². The minimum absolute atomic E-state index is 0.147. The summed E-state index contributed by atoms with van der Waals surface area (Å²) in [6.07, 6.45) is 7.55. The maximum Gasteiger partial charge on any atom is 0.508 e. The molecule has 2 unspecified atom stereocenters. The van der Waals surface area contributed by atoms with Crippen LogP contribution in [0.1, 0.15) is 86.5 Å². The zero-order chi connectivity index (χ0) is 31.7. The lowest BCUT2D eigenvalue weighted by Crippen LogP contribution is -2.54. The molecule has 244 valence electrons. The quantitative estimate of drug-likeness (QED) is 0.212. The van der Waals surface area contributed by atoms with E-state index in [-0.39, 0.29) is 18.1 Å². The Balaban J connectivity index is 1.56. The van der Waals surface area contributed by atoms with E-state index in [2.05, 4.69) is 39.8 Å². The monoisotopic (exact) mass is 606 g/mol. The molecule has 0 saturated heterocycles. The van der Waals surface area contributed by atoms with Crippen molar-refractivity contribution in [1.29, 1.82) is 0 Å². The third-order valence-corrected chi connectivity index (χ3v) is 12.0. The molecule has 0 aromatic rings. The molecule has 4 aliphatic carbocycles. The van der Waals surface area contributed by atoms with Gasteiger partial charge in [-0.2, -0.15) is 0 Å². The van der Waals surface area contributed by atoms with Crippen molar-refractivity contribution in [2.75, 3.05) is 28.1 Å². The fraction of sp³-hybridized carbons (Fsp3) is 0.824. The molecule has 4 rings (SSSR count). The number of methoxy groups -OCH3 is 3. The van der Waals surface area contributed by atoms with Crippen molar-refractivity contribution in [3.8, 4) is 0 Å². The van der Waals surface area contributed by atoms with Crippen molar-refractivity contribution < 1.29 is 43.1 Å². The lowest BCUT2D eigenvalue weighted by molar-refractivity contribution is -0.164. The first kappa shape index (κ1) is 33.8. The van der Waals surface area contributed by atoms with Crippen LogP contribution in [0.5, 0.6) is 0 Å². The molecule has 0 heterocycles. The summed E-state index contributed by atoms with van der Waals surface area (Å²) in [4.78, 5) is 24.3. The molecule has 4 aliphatic rings. The van der Waals surface area contributed by atoms with Gasteiger partial charge < -0.3 is 33.5 Å². The van der Waals surface area contributed by atoms with Gasteiger partial charge in [0.15, 0.2) is 0 Å². The fourth-order valence-corrected chi connectivity index (χ4v) is 9.07. The van der Waals surface area contributed by atoms with E-state index in [0.717, 1.165) is 31.3 Å². The Labute approximate surface area is 257 Å². The summed E-state index contributed by atoms with van der Waals surface area (Å²) >= 11 is 0. The molecular formula is C34H54O9. The Morgan fingerprint density at radius 3 is 2.33 bits per heavy atom. The number of hydrogen-bond acceptors (Lipinski definition) is 9. The standard InChI is InChI=1S/C34H54O9/c1-20(16-28(35)32(3,4)41-19-38-7)21(2)25-12-13-26-24-11-10-22-17-23(42-30(36)39-8)18-29(43-31(37)40-9)34(22,6)27(24)14-15-33(25,26)5/h10-11,20-21,23,25-29,35H,12-19H2,1-9H3/t20?,21-,23-,25-,26+,27+,28?,29+,33-,34+/m1/s1. The van der Waals surface area contributed by atoms with Crippen LogP contribution in [-0.2, 0) is 28.4 Å². The highest BCUT2D eigenvalue weighted by molar-refractivity contribution is 5.61. The molecule has 9 heteroatoms. The summed E-state index contributed by atoms with van der Waals surface area (Å²) in [5.41, 5.74) is 1.66. The van der Waals surface area contributed by atoms with Crippen LogP contribution in [0.3, 0.4) is 0 Å². The lowest BCUT2D eigenvalue weighted by Gasteiger charge is -2.57. The number of aliphatic hydroxyl groups excluding tert-OH is 1. The second-order valence-corrected chi connectivity index (χ2v) is 14.4. The molecule has 10 atom stereocenters. The second-order valence-electron chi connectivity index (χ2n) is 14.4. The third kappa shape index (κ3) is 6.36. The van der Waals surface area contributed by atoms with Crippen molar-refractivity contribution in [2.24, 2.45) is 40.4 Å². The molecular weight excluding hydrogens is 552 g/mol. The van der Waals surface area contributed by atoms with E-state index in [1.165, 1.54) is 19.8 Å². The zero-order valence-corrected chi connectivity index (χ0v) is 27.6. The van der Waals surface area contributed by atoms with Gasteiger partial charge in [0.2, 0.25) is 0 Å². The lowest BCUT2D eigenvalue weighted by atomic mass is 9.49. The molecule has 0 aliphatic heterocycles. The number of fused-ring (bicyclic) bond motifs is 5. The van der Waals surface area contributed by atoms with Crippen LogP contribution in [-0.4, -0.2) is 69.5 Å². The Morgan fingerprint density at radius 2 is 1.67 bits per heavy atom. The molecule has 3 fully saturated rings. The first-order valence-corrected chi connectivity index (χ1v) is 15.9. The Morgan fingerprint density at radius 1 is 1.00 bits per heavy atom. The van der Waals surface area contributed by atoms with E-state index >= 15 is 0 Å². The molecule has 9 nitrogen and oxygen atoms in total. The summed E-state index contributed by atoms with van der Waals surface area (Å²) in [5, 5.41) is 11.1. The van der Waals surface area contributed by atoms with Gasteiger partial charge in [0.25, 0.3) is 0 Å². The minimum Gasteiger partial charge on any atom is -0.438 e. The Hall–Kier alpha value is -2.10. The summed E-state index contributed by atoms with van der Waals surface area (Å²) in [6, 6.07) is 0. The molecule has 0 radical (unpaired) electrons. The van der Waals surface area contributed by atoms with E-state index in [1.54, 1.807) is 7.11 Å². The van der Waals surface area contributed by atoms with Crippen molar-refractivity contribution in [2.45, 2.75) is 110 Å². The highest BCUT2D eigenvalue weighted by Gasteiger charge is 2.60. The molecule has 3 saturated carbocycles. The summed E-state index contributed by atoms with van der Waals surface area (Å²) < 4.78 is 32.0. The Bertz CT molecular complexity index is 1080. The van der Waals surface area contributed by atoms with Crippen molar-refractivity contribution in [1.82, 2.24) is 0 Å². The second kappa shape index (κ2) is 13.1. The molecule has 0 aromatic carbocycles. The molecule has 43 heavy (non-hydrogen) atoms. The number of aliphatic hydroxyl groups is 1. The van der Waals surface area contributed by atoms with E-state index in [9.17, 15) is 14.7 Å². The van der Waals surface area contributed by atoms with Crippen LogP contribution in [0.15, 0.2) is 23.3 Å². The summed E-state index contributed by atoms with van der Waals surface area (Å²) in [6.45, 7) is 13.3. The molecule has 1 N–H and O–H groups in total. The van der Waals surface area contributed by atoms with Crippen LogP contribution in [0.2, 0.25) is 0 Å². The highest BCUT2D eigenvalue weighted by atomic mass is 16.7. The maximum absolute atomic E-state index is 12.4. The summed E-state index contributed by atoms with van der Waals surface area (Å²) in [5.74, 6) is 1.97. The number of carbonyl (C=O) groups excluding carboxylic acids is 2. The first-order valence-electron chi connectivity index (χ1n) is 15.9. The fourth-order valence-electron chi connectivity index (χ4n) is 9.07. The van der Waals surface area contributed by atoms with Crippen molar-refractivity contribution in [3.63, 3.8) is 0 Å². The number of carbonyl (C=O) groups is 2. The van der Waals surface area contributed by atoms with Gasteiger partial charge >= 0.3 is 12.3 Å². The van der Waals surface area contributed by atoms with Crippen LogP contribution in [0, 0.1) is 40.4 Å². The van der Waals surface area contributed by atoms with Crippen LogP contribution in [0.25, 0.3) is 0 Å². The largest absolute Gasteiger partial charge is 0.508 e. The van der Waals surface area contributed by atoms with Gasteiger partial charge in [0, 0.05) is 25.4 Å². The predicted molar refractivity (Wildman–Crippen MR) is 161 cm³/mol. The first-order chi connectivity index (χ1) is 20.2. The van der Waals surface area contributed by atoms with Gasteiger partial charge in [0.05, 0.1) is 25.9 Å². The number of ether oxygens (including phenoxy) is 6. The van der Waals surface area contributed by atoms with E-state index < -0.39 is 41.6 Å². The maximum atomic E-state index is 12.4. The normalized spacial score (nSPS) is 35.6. The van der Waals surface area contributed by atoms with E-state index in [4.69, 9.17) is 28.4 Å². The van der Waals surface area contributed by atoms with E-state index in [0.29, 0.717) is 42.9 Å². The third-order valence-electron chi connectivity index (χ3n) is 12.0. The van der Waals surface area contributed by atoms with Gasteiger partial charge in [-0.3, -0.25) is 0 Å². The van der Waals surface area contributed by atoms with Gasteiger partial charge in [0.1, 0.15) is 19.0 Å². The topological polar surface area (TPSA) is 110 Å². The van der Waals surface area contributed by atoms with Gasteiger partial charge in [-0.25, -0.2) is 9.59 Å². The molecule has 0 bridgehead atoms. The van der Waals surface area contributed by atoms with Crippen molar-refractivity contribution in [3.05, 3.63) is 23.3 Å². The minimum atomic E-state index is -0.731. The molecule has 0 amide bonds. The Kier molecular flexibility index (Phi) is 10.3. The highest BCUT2D eigenvalue weighted by Crippen LogP contribution is 2.66. The predicted octanol–water partition coefficient (Wildman–Crippen LogP) is 6.82. The molecule has 0 aromatic heterocycles. The molecule has 0 spiro atoms. The summed E-state index contributed by atoms with van der Waals surface area (Å²) in [7, 11) is 4.20. The van der Waals surface area contributed by atoms with Crippen molar-refractivity contribution >= 4 is 12.3 Å². The number of rotatable bonds is 10. The zero-order valence-electron chi connectivity index (χ0n) is 27.6. The number of allylic oxidation sites excluding steroid dienone is 3. The van der Waals surface area contributed by atoms with Gasteiger partial charge in [-0.15, -0.1) is 0 Å². The average Bonchev–Trinajstić information content (AvgIpc) is 3.33. The van der Waals surface area contributed by atoms with Gasteiger partial charge in [-0.1, -0.05) is 51.0 Å².